The maximum absolute atomic E-state index is 12.7. The van der Waals surface area contributed by atoms with Crippen molar-refractivity contribution < 1.29 is 27.4 Å². The van der Waals surface area contributed by atoms with Crippen molar-refractivity contribution in [2.75, 3.05) is 20.8 Å². The third kappa shape index (κ3) is 6.72. The number of benzene rings is 3. The molecule has 1 amide bonds. The van der Waals surface area contributed by atoms with Gasteiger partial charge in [-0.3, -0.25) is 4.79 Å². The van der Waals surface area contributed by atoms with Gasteiger partial charge in [-0.1, -0.05) is 36.4 Å². The standard InChI is InChI=1S/C25H28N2O6S/c1-18(20-7-5-4-6-8-20)27-34(29,30)22-12-10-21(11-13-22)33-17-25(28)26-16-19-9-14-23(31-2)24(15-19)32-3/h4-15,18,27H,16-17H2,1-3H3,(H,26,28)/t18-/m0/s1. The molecule has 0 heterocycles. The third-order valence-corrected chi connectivity index (χ3v) is 6.63. The molecule has 3 aromatic carbocycles. The van der Waals surface area contributed by atoms with Crippen LogP contribution in [-0.2, 0) is 21.4 Å². The highest BCUT2D eigenvalue weighted by molar-refractivity contribution is 7.89. The maximum atomic E-state index is 12.7. The molecule has 0 aliphatic rings. The Balaban J connectivity index is 1.51. The van der Waals surface area contributed by atoms with Crippen LogP contribution in [0.4, 0.5) is 0 Å². The molecule has 0 saturated heterocycles. The van der Waals surface area contributed by atoms with Crippen LogP contribution >= 0.6 is 0 Å². The van der Waals surface area contributed by atoms with Crippen LogP contribution in [0.3, 0.4) is 0 Å². The van der Waals surface area contributed by atoms with Crippen LogP contribution in [0.1, 0.15) is 24.1 Å². The SMILES string of the molecule is COc1ccc(CNC(=O)COc2ccc(S(=O)(=O)N[C@@H](C)c3ccccc3)cc2)cc1OC. The Bertz CT molecular complexity index is 1200. The van der Waals surface area contributed by atoms with Gasteiger partial charge in [0.1, 0.15) is 5.75 Å². The largest absolute Gasteiger partial charge is 0.493 e. The van der Waals surface area contributed by atoms with Crippen molar-refractivity contribution in [3.05, 3.63) is 83.9 Å². The summed E-state index contributed by atoms with van der Waals surface area (Å²) in [6.45, 7) is 1.87. The van der Waals surface area contributed by atoms with Crippen LogP contribution in [0.2, 0.25) is 0 Å². The molecule has 0 unspecified atom stereocenters. The lowest BCUT2D eigenvalue weighted by molar-refractivity contribution is -0.123. The highest BCUT2D eigenvalue weighted by Gasteiger charge is 2.18. The molecule has 0 fully saturated rings. The average molecular weight is 485 g/mol. The second-order valence-electron chi connectivity index (χ2n) is 7.48. The maximum Gasteiger partial charge on any atom is 0.258 e. The minimum atomic E-state index is -3.71. The summed E-state index contributed by atoms with van der Waals surface area (Å²) in [5.74, 6) is 1.26. The summed E-state index contributed by atoms with van der Waals surface area (Å²) in [6, 6.07) is 20.2. The van der Waals surface area contributed by atoms with Crippen LogP contribution in [0, 0.1) is 0 Å². The normalized spacial score (nSPS) is 12.0. The highest BCUT2D eigenvalue weighted by Crippen LogP contribution is 2.27. The fraction of sp³-hybridized carbons (Fsp3) is 0.240. The number of sulfonamides is 1. The zero-order chi connectivity index (χ0) is 24.6. The van der Waals surface area contributed by atoms with Gasteiger partial charge in [-0.15, -0.1) is 0 Å². The molecule has 8 nitrogen and oxygen atoms in total. The van der Waals surface area contributed by atoms with Gasteiger partial charge < -0.3 is 19.5 Å². The minimum absolute atomic E-state index is 0.112. The fourth-order valence-corrected chi connectivity index (χ4v) is 4.45. The summed E-state index contributed by atoms with van der Waals surface area (Å²) in [6.07, 6.45) is 0. The predicted molar refractivity (Wildman–Crippen MR) is 129 cm³/mol. The first-order chi connectivity index (χ1) is 16.3. The average Bonchev–Trinajstić information content (AvgIpc) is 2.86. The number of methoxy groups -OCH3 is 2. The van der Waals surface area contributed by atoms with Crippen molar-refractivity contribution in [2.24, 2.45) is 0 Å². The van der Waals surface area contributed by atoms with Gasteiger partial charge in [-0.2, -0.15) is 0 Å². The number of ether oxygens (including phenoxy) is 3. The van der Waals surface area contributed by atoms with E-state index in [-0.39, 0.29) is 23.5 Å². The Hall–Kier alpha value is -3.56. The van der Waals surface area contributed by atoms with E-state index in [9.17, 15) is 13.2 Å². The van der Waals surface area contributed by atoms with Crippen molar-refractivity contribution in [3.63, 3.8) is 0 Å². The second-order valence-corrected chi connectivity index (χ2v) is 9.19. The zero-order valence-electron chi connectivity index (χ0n) is 19.3. The van der Waals surface area contributed by atoms with Crippen molar-refractivity contribution >= 4 is 15.9 Å². The van der Waals surface area contributed by atoms with E-state index in [4.69, 9.17) is 14.2 Å². The lowest BCUT2D eigenvalue weighted by Crippen LogP contribution is -2.28. The zero-order valence-corrected chi connectivity index (χ0v) is 20.1. The van der Waals surface area contributed by atoms with Crippen LogP contribution in [0.15, 0.2) is 77.7 Å². The second kappa shape index (κ2) is 11.5. The Kier molecular flexibility index (Phi) is 8.50. The number of carbonyl (C=O) groups is 1. The van der Waals surface area contributed by atoms with Gasteiger partial charge in [-0.05, 0) is 54.4 Å². The summed E-state index contributed by atoms with van der Waals surface area (Å²) in [5, 5.41) is 2.76. The predicted octanol–water partition coefficient (Wildman–Crippen LogP) is 3.44. The molecule has 0 bridgehead atoms. The molecule has 9 heteroatoms. The quantitative estimate of drug-likeness (QED) is 0.432. The van der Waals surface area contributed by atoms with Crippen LogP contribution in [0.25, 0.3) is 0 Å². The van der Waals surface area contributed by atoms with Crippen molar-refractivity contribution in [3.8, 4) is 17.2 Å². The number of hydrogen-bond donors (Lipinski definition) is 2. The van der Waals surface area contributed by atoms with Gasteiger partial charge in [0.15, 0.2) is 18.1 Å². The number of carbonyl (C=O) groups excluding carboxylic acids is 1. The van der Waals surface area contributed by atoms with Crippen molar-refractivity contribution in [1.82, 2.24) is 10.0 Å². The molecule has 180 valence electrons. The number of nitrogens with one attached hydrogen (secondary N) is 2. The smallest absolute Gasteiger partial charge is 0.258 e. The first-order valence-electron chi connectivity index (χ1n) is 10.6. The Morgan fingerprint density at radius 3 is 2.24 bits per heavy atom. The van der Waals surface area contributed by atoms with Crippen LogP contribution < -0.4 is 24.2 Å². The van der Waals surface area contributed by atoms with Crippen LogP contribution in [0.5, 0.6) is 17.2 Å². The summed E-state index contributed by atoms with van der Waals surface area (Å²) < 4.78 is 43.9. The fourth-order valence-electron chi connectivity index (χ4n) is 3.22. The molecule has 0 spiro atoms. The van der Waals surface area contributed by atoms with E-state index in [1.54, 1.807) is 33.3 Å². The van der Waals surface area contributed by atoms with Gasteiger partial charge >= 0.3 is 0 Å². The van der Waals surface area contributed by atoms with E-state index in [0.29, 0.717) is 23.8 Å². The molecule has 0 aliphatic carbocycles. The number of rotatable bonds is 11. The number of amides is 1. The van der Waals surface area contributed by atoms with E-state index in [2.05, 4.69) is 10.0 Å². The molecular formula is C25H28N2O6S. The lowest BCUT2D eigenvalue weighted by Gasteiger charge is -2.15. The first-order valence-corrected chi connectivity index (χ1v) is 12.1. The first kappa shape index (κ1) is 25.1. The summed E-state index contributed by atoms with van der Waals surface area (Å²) >= 11 is 0. The van der Waals surface area contributed by atoms with Gasteiger partial charge in [0.05, 0.1) is 19.1 Å². The molecule has 2 N–H and O–H groups in total. The van der Waals surface area contributed by atoms with E-state index in [0.717, 1.165) is 11.1 Å². The summed E-state index contributed by atoms with van der Waals surface area (Å²) in [5.41, 5.74) is 1.71. The van der Waals surface area contributed by atoms with Crippen molar-refractivity contribution in [1.29, 1.82) is 0 Å². The van der Waals surface area contributed by atoms with E-state index in [1.165, 1.54) is 24.3 Å². The minimum Gasteiger partial charge on any atom is -0.493 e. The monoisotopic (exact) mass is 484 g/mol. The molecule has 0 saturated carbocycles. The van der Waals surface area contributed by atoms with Gasteiger partial charge in [0.2, 0.25) is 10.0 Å². The van der Waals surface area contributed by atoms with Crippen LogP contribution in [-0.4, -0.2) is 35.2 Å². The molecule has 0 radical (unpaired) electrons. The van der Waals surface area contributed by atoms with Gasteiger partial charge in [-0.25, -0.2) is 13.1 Å². The van der Waals surface area contributed by atoms with Crippen molar-refractivity contribution in [2.45, 2.75) is 24.4 Å². The molecular weight excluding hydrogens is 456 g/mol. The Labute approximate surface area is 199 Å². The van der Waals surface area contributed by atoms with Gasteiger partial charge in [0.25, 0.3) is 5.91 Å². The molecule has 34 heavy (non-hydrogen) atoms. The number of hydrogen-bond acceptors (Lipinski definition) is 6. The topological polar surface area (TPSA) is 103 Å². The molecule has 0 aliphatic heterocycles. The summed E-state index contributed by atoms with van der Waals surface area (Å²) in [4.78, 5) is 12.3. The molecule has 3 rings (SSSR count). The van der Waals surface area contributed by atoms with E-state index >= 15 is 0 Å². The molecule has 0 aromatic heterocycles. The Morgan fingerprint density at radius 2 is 1.59 bits per heavy atom. The molecule has 3 aromatic rings. The van der Waals surface area contributed by atoms with E-state index in [1.807, 2.05) is 36.4 Å². The third-order valence-electron chi connectivity index (χ3n) is 5.07. The highest BCUT2D eigenvalue weighted by atomic mass is 32.2. The summed E-state index contributed by atoms with van der Waals surface area (Å²) in [7, 11) is -0.608. The van der Waals surface area contributed by atoms with E-state index < -0.39 is 10.0 Å². The van der Waals surface area contributed by atoms with Gasteiger partial charge in [0, 0.05) is 12.6 Å². The lowest BCUT2D eigenvalue weighted by atomic mass is 10.1. The molecule has 1 atom stereocenters. The Morgan fingerprint density at radius 1 is 0.912 bits per heavy atom.